The number of aromatic nitrogens is 3. The lowest BCUT2D eigenvalue weighted by molar-refractivity contribution is -0.118. The van der Waals surface area contributed by atoms with Crippen molar-refractivity contribution in [3.8, 4) is 22.9 Å². The normalized spacial score (nSPS) is 10.9. The predicted octanol–water partition coefficient (Wildman–Crippen LogP) is 4.54. The standard InChI is InChI=1S/C23H24BrN5O3S/c1-15(2)13-29-22(17-6-8-18(24)9-7-17)27-28-23(29)33-14-21(30)26-25-12-16-5-10-19(31-3)20(11-16)32-4/h5-12H,1,13-14H2,2-4H3,(H,26,30)/b25-12-. The summed E-state index contributed by atoms with van der Waals surface area (Å²) >= 11 is 4.73. The summed E-state index contributed by atoms with van der Waals surface area (Å²) in [5.74, 6) is 1.81. The van der Waals surface area contributed by atoms with Gasteiger partial charge in [0.1, 0.15) is 0 Å². The fraction of sp³-hybridized carbons (Fsp3) is 0.217. The molecule has 1 N–H and O–H groups in total. The number of hydrogen-bond acceptors (Lipinski definition) is 7. The first-order valence-corrected chi connectivity index (χ1v) is 11.7. The summed E-state index contributed by atoms with van der Waals surface area (Å²) in [4.78, 5) is 12.3. The molecule has 1 heterocycles. The number of ether oxygens (including phenoxy) is 2. The Labute approximate surface area is 205 Å². The molecule has 0 saturated carbocycles. The first kappa shape index (κ1) is 24.5. The molecule has 1 aromatic heterocycles. The molecule has 172 valence electrons. The summed E-state index contributed by atoms with van der Waals surface area (Å²) in [5.41, 5.74) is 5.19. The summed E-state index contributed by atoms with van der Waals surface area (Å²) < 4.78 is 13.4. The zero-order valence-corrected chi connectivity index (χ0v) is 20.9. The van der Waals surface area contributed by atoms with Crippen LogP contribution in [-0.2, 0) is 11.3 Å². The second kappa shape index (κ2) is 11.7. The zero-order valence-electron chi connectivity index (χ0n) is 18.5. The van der Waals surface area contributed by atoms with Crippen molar-refractivity contribution in [3.63, 3.8) is 0 Å². The molecular weight excluding hydrogens is 506 g/mol. The first-order chi connectivity index (χ1) is 15.9. The molecule has 0 fully saturated rings. The van der Waals surface area contributed by atoms with Gasteiger partial charge in [0.05, 0.1) is 26.2 Å². The van der Waals surface area contributed by atoms with Crippen molar-refractivity contribution < 1.29 is 14.3 Å². The maximum atomic E-state index is 12.3. The number of carbonyl (C=O) groups excluding carboxylic acids is 1. The third-order valence-corrected chi connectivity index (χ3v) is 5.89. The second-order valence-electron chi connectivity index (χ2n) is 7.05. The highest BCUT2D eigenvalue weighted by Crippen LogP contribution is 2.27. The minimum atomic E-state index is -0.258. The predicted molar refractivity (Wildman–Crippen MR) is 134 cm³/mol. The van der Waals surface area contributed by atoms with Crippen molar-refractivity contribution in [2.45, 2.75) is 18.6 Å². The van der Waals surface area contributed by atoms with E-state index >= 15 is 0 Å². The minimum Gasteiger partial charge on any atom is -0.493 e. The summed E-state index contributed by atoms with van der Waals surface area (Å²) in [7, 11) is 3.13. The van der Waals surface area contributed by atoms with E-state index in [1.54, 1.807) is 32.6 Å². The Balaban J connectivity index is 1.64. The number of hydrazone groups is 1. The van der Waals surface area contributed by atoms with Gasteiger partial charge in [0.2, 0.25) is 0 Å². The Bertz CT molecular complexity index is 1160. The van der Waals surface area contributed by atoms with Crippen LogP contribution in [0.25, 0.3) is 11.4 Å². The van der Waals surface area contributed by atoms with Crippen LogP contribution >= 0.6 is 27.7 Å². The average molecular weight is 530 g/mol. The zero-order chi connectivity index (χ0) is 23.8. The SMILES string of the molecule is C=C(C)Cn1c(SCC(=O)N/N=C\c2ccc(OC)c(OC)c2)nnc1-c1ccc(Br)cc1. The van der Waals surface area contributed by atoms with Gasteiger partial charge in [0.15, 0.2) is 22.5 Å². The van der Waals surface area contributed by atoms with Crippen molar-refractivity contribution in [1.29, 1.82) is 0 Å². The van der Waals surface area contributed by atoms with Crippen LogP contribution in [0.5, 0.6) is 11.5 Å². The van der Waals surface area contributed by atoms with Crippen LogP contribution in [0.15, 0.2) is 69.3 Å². The van der Waals surface area contributed by atoms with Crippen molar-refractivity contribution in [2.24, 2.45) is 5.10 Å². The van der Waals surface area contributed by atoms with Crippen molar-refractivity contribution in [1.82, 2.24) is 20.2 Å². The number of halogens is 1. The molecule has 0 unspecified atom stereocenters. The maximum Gasteiger partial charge on any atom is 0.250 e. The monoisotopic (exact) mass is 529 g/mol. The summed E-state index contributed by atoms with van der Waals surface area (Å²) in [6.07, 6.45) is 1.54. The number of thioether (sulfide) groups is 1. The molecule has 3 rings (SSSR count). The summed E-state index contributed by atoms with van der Waals surface area (Å²) in [6.45, 7) is 6.49. The van der Waals surface area contributed by atoms with Crippen molar-refractivity contribution in [2.75, 3.05) is 20.0 Å². The number of amides is 1. The molecule has 10 heteroatoms. The lowest BCUT2D eigenvalue weighted by Crippen LogP contribution is -2.20. The smallest absolute Gasteiger partial charge is 0.250 e. The van der Waals surface area contributed by atoms with Gasteiger partial charge in [-0.05, 0) is 42.8 Å². The molecule has 0 radical (unpaired) electrons. The number of carbonyl (C=O) groups is 1. The fourth-order valence-electron chi connectivity index (χ4n) is 2.89. The summed E-state index contributed by atoms with van der Waals surface area (Å²) in [6, 6.07) is 13.2. The molecule has 0 bridgehead atoms. The highest BCUT2D eigenvalue weighted by Gasteiger charge is 2.16. The van der Waals surface area contributed by atoms with E-state index in [2.05, 4.69) is 43.2 Å². The van der Waals surface area contributed by atoms with Crippen LogP contribution < -0.4 is 14.9 Å². The molecular formula is C23H24BrN5O3S. The van der Waals surface area contributed by atoms with Crippen LogP contribution in [0, 0.1) is 0 Å². The van der Waals surface area contributed by atoms with E-state index in [-0.39, 0.29) is 11.7 Å². The van der Waals surface area contributed by atoms with E-state index < -0.39 is 0 Å². The van der Waals surface area contributed by atoms with E-state index in [0.717, 1.165) is 27.0 Å². The highest BCUT2D eigenvalue weighted by atomic mass is 79.9. The lowest BCUT2D eigenvalue weighted by Gasteiger charge is -2.10. The van der Waals surface area contributed by atoms with Crippen LogP contribution in [0.1, 0.15) is 12.5 Å². The number of benzene rings is 2. The van der Waals surface area contributed by atoms with E-state index in [4.69, 9.17) is 9.47 Å². The van der Waals surface area contributed by atoms with E-state index in [1.807, 2.05) is 41.8 Å². The molecule has 0 aliphatic carbocycles. The Hall–Kier alpha value is -3.11. The molecule has 33 heavy (non-hydrogen) atoms. The molecule has 1 amide bonds. The number of allylic oxidation sites excluding steroid dienone is 1. The molecule has 0 aliphatic heterocycles. The number of nitrogens with one attached hydrogen (secondary N) is 1. The molecule has 8 nitrogen and oxygen atoms in total. The molecule has 0 saturated heterocycles. The largest absolute Gasteiger partial charge is 0.493 e. The van der Waals surface area contributed by atoms with Gasteiger partial charge in [-0.1, -0.05) is 52.0 Å². The summed E-state index contributed by atoms with van der Waals surface area (Å²) in [5, 5.41) is 13.3. The van der Waals surface area contributed by atoms with Gasteiger partial charge in [-0.15, -0.1) is 10.2 Å². The maximum absolute atomic E-state index is 12.3. The number of methoxy groups -OCH3 is 2. The van der Waals surface area contributed by atoms with E-state index in [1.165, 1.54) is 11.8 Å². The highest BCUT2D eigenvalue weighted by molar-refractivity contribution is 9.10. The molecule has 0 aliphatic rings. The second-order valence-corrected chi connectivity index (χ2v) is 8.91. The Kier molecular flexibility index (Phi) is 8.67. The molecule has 0 atom stereocenters. The topological polar surface area (TPSA) is 90.6 Å². The van der Waals surface area contributed by atoms with Crippen molar-refractivity contribution in [3.05, 3.63) is 64.7 Å². The van der Waals surface area contributed by atoms with Crippen molar-refractivity contribution >= 4 is 39.8 Å². The molecule has 3 aromatic rings. The van der Waals surface area contributed by atoms with Gasteiger partial charge >= 0.3 is 0 Å². The molecule has 2 aromatic carbocycles. The Morgan fingerprint density at radius 1 is 1.18 bits per heavy atom. The van der Waals surface area contributed by atoms with E-state index in [9.17, 15) is 4.79 Å². The van der Waals surface area contributed by atoms with Crippen LogP contribution in [-0.4, -0.2) is 46.9 Å². The third kappa shape index (κ3) is 6.69. The van der Waals surface area contributed by atoms with Gasteiger partial charge in [0.25, 0.3) is 5.91 Å². The third-order valence-electron chi connectivity index (χ3n) is 4.39. The van der Waals surface area contributed by atoms with Crippen LogP contribution in [0.3, 0.4) is 0 Å². The Morgan fingerprint density at radius 2 is 1.91 bits per heavy atom. The van der Waals surface area contributed by atoms with Gasteiger partial charge in [-0.25, -0.2) is 5.43 Å². The van der Waals surface area contributed by atoms with Crippen LogP contribution in [0.4, 0.5) is 0 Å². The molecule has 0 spiro atoms. The average Bonchev–Trinajstić information content (AvgIpc) is 3.19. The van der Waals surface area contributed by atoms with Crippen LogP contribution in [0.2, 0.25) is 0 Å². The fourth-order valence-corrected chi connectivity index (χ4v) is 3.89. The van der Waals surface area contributed by atoms with E-state index in [0.29, 0.717) is 23.2 Å². The number of hydrogen-bond donors (Lipinski definition) is 1. The number of nitrogens with zero attached hydrogens (tertiary/aromatic N) is 4. The van der Waals surface area contributed by atoms with Gasteiger partial charge < -0.3 is 9.47 Å². The van der Waals surface area contributed by atoms with Gasteiger partial charge in [0, 0.05) is 16.6 Å². The van der Waals surface area contributed by atoms with Gasteiger partial charge in [-0.3, -0.25) is 9.36 Å². The Morgan fingerprint density at radius 3 is 2.58 bits per heavy atom. The quantitative estimate of drug-likeness (QED) is 0.179. The van der Waals surface area contributed by atoms with Gasteiger partial charge in [-0.2, -0.15) is 5.10 Å². The number of rotatable bonds is 10. The first-order valence-electron chi connectivity index (χ1n) is 9.91. The minimum absolute atomic E-state index is 0.137. The lowest BCUT2D eigenvalue weighted by atomic mass is 10.2.